The molecule has 1 aromatic carbocycles. The Hall–Kier alpha value is -1.75. The van der Waals surface area contributed by atoms with Crippen LogP contribution < -0.4 is 11.5 Å². The number of unbranched alkanes of at least 4 members (excludes halogenated alkanes) is 1. The maximum Gasteiger partial charge on any atom is 0.256 e. The third kappa shape index (κ3) is 4.44. The lowest BCUT2D eigenvalue weighted by Gasteiger charge is -2.21. The summed E-state index contributed by atoms with van der Waals surface area (Å²) in [7, 11) is 0. The van der Waals surface area contributed by atoms with Crippen LogP contribution in [0.1, 0.15) is 30.1 Å². The van der Waals surface area contributed by atoms with Crippen LogP contribution in [0.4, 0.5) is 5.69 Å². The monoisotopic (exact) mass is 283 g/mol. The first-order valence-corrected chi connectivity index (χ1v) is 6.46. The molecule has 0 spiro atoms. The summed E-state index contributed by atoms with van der Waals surface area (Å²) >= 11 is 5.86. The number of hydrogen-bond donors (Lipinski definition) is 2. The van der Waals surface area contributed by atoms with Gasteiger partial charge in [-0.15, -0.1) is 0 Å². The van der Waals surface area contributed by atoms with E-state index in [1.165, 1.54) is 11.0 Å². The fraction of sp³-hybridized carbons (Fsp3) is 0.385. The minimum Gasteiger partial charge on any atom is -0.398 e. The molecule has 0 fully saturated rings. The minimum atomic E-state index is -0.551. The number of nitrogens with two attached hydrogens (primary N) is 2. The van der Waals surface area contributed by atoms with Gasteiger partial charge in [0.15, 0.2) is 0 Å². The smallest absolute Gasteiger partial charge is 0.256 e. The molecule has 0 aliphatic carbocycles. The van der Waals surface area contributed by atoms with Gasteiger partial charge >= 0.3 is 0 Å². The second-order valence-electron chi connectivity index (χ2n) is 4.28. The molecule has 0 atom stereocenters. The maximum absolute atomic E-state index is 12.3. The molecule has 19 heavy (non-hydrogen) atoms. The zero-order valence-corrected chi connectivity index (χ0v) is 11.6. The average molecular weight is 284 g/mol. The molecule has 5 nitrogen and oxygen atoms in total. The van der Waals surface area contributed by atoms with Gasteiger partial charge in [0, 0.05) is 17.3 Å². The van der Waals surface area contributed by atoms with E-state index >= 15 is 0 Å². The molecule has 0 radical (unpaired) electrons. The Bertz CT molecular complexity index is 477. The standard InChI is InChI=1S/C13H18ClN3O2/c1-2-3-6-17(8-12(16)18)13(19)10-7-9(14)4-5-11(10)15/h4-5,7H,2-3,6,8,15H2,1H3,(H2,16,18). The molecule has 0 saturated heterocycles. The number of carbonyl (C=O) groups excluding carboxylic acids is 2. The highest BCUT2D eigenvalue weighted by Gasteiger charge is 2.19. The first-order chi connectivity index (χ1) is 8.95. The van der Waals surface area contributed by atoms with E-state index in [1.54, 1.807) is 12.1 Å². The number of carbonyl (C=O) groups is 2. The van der Waals surface area contributed by atoms with Gasteiger partial charge in [-0.3, -0.25) is 9.59 Å². The van der Waals surface area contributed by atoms with Gasteiger partial charge < -0.3 is 16.4 Å². The van der Waals surface area contributed by atoms with E-state index in [0.717, 1.165) is 12.8 Å². The molecule has 0 aromatic heterocycles. The van der Waals surface area contributed by atoms with Gasteiger partial charge in [-0.2, -0.15) is 0 Å². The van der Waals surface area contributed by atoms with Crippen molar-refractivity contribution < 1.29 is 9.59 Å². The van der Waals surface area contributed by atoms with Crippen LogP contribution in [0.2, 0.25) is 5.02 Å². The Morgan fingerprint density at radius 3 is 2.63 bits per heavy atom. The van der Waals surface area contributed by atoms with Gasteiger partial charge in [0.25, 0.3) is 5.91 Å². The zero-order valence-electron chi connectivity index (χ0n) is 10.9. The fourth-order valence-corrected chi connectivity index (χ4v) is 1.85. The SMILES string of the molecule is CCCCN(CC(N)=O)C(=O)c1cc(Cl)ccc1N. The zero-order chi connectivity index (χ0) is 14.4. The molecule has 4 N–H and O–H groups in total. The number of rotatable bonds is 6. The Morgan fingerprint density at radius 2 is 2.05 bits per heavy atom. The maximum atomic E-state index is 12.3. The molecule has 0 saturated carbocycles. The molecule has 1 rings (SSSR count). The van der Waals surface area contributed by atoms with Crippen LogP contribution in [0, 0.1) is 0 Å². The summed E-state index contributed by atoms with van der Waals surface area (Å²) < 4.78 is 0. The van der Waals surface area contributed by atoms with Crippen molar-refractivity contribution in [3.63, 3.8) is 0 Å². The molecular weight excluding hydrogens is 266 g/mol. The van der Waals surface area contributed by atoms with Crippen LogP contribution in [-0.4, -0.2) is 29.8 Å². The molecule has 104 valence electrons. The summed E-state index contributed by atoms with van der Waals surface area (Å²) in [5.74, 6) is -0.877. The molecule has 1 aromatic rings. The molecule has 0 bridgehead atoms. The predicted octanol–water partition coefficient (Wildman–Crippen LogP) is 1.65. The molecular formula is C13H18ClN3O2. The third-order valence-corrected chi connectivity index (χ3v) is 2.90. The number of benzene rings is 1. The summed E-state index contributed by atoms with van der Waals surface area (Å²) in [6.07, 6.45) is 1.70. The number of primary amides is 1. The quantitative estimate of drug-likeness (QED) is 0.778. The molecule has 0 unspecified atom stereocenters. The largest absolute Gasteiger partial charge is 0.398 e. The number of halogens is 1. The van der Waals surface area contributed by atoms with E-state index < -0.39 is 5.91 Å². The van der Waals surface area contributed by atoms with Gasteiger partial charge in [0.1, 0.15) is 0 Å². The average Bonchev–Trinajstić information content (AvgIpc) is 2.36. The van der Waals surface area contributed by atoms with Crippen LogP contribution in [0.15, 0.2) is 18.2 Å². The molecule has 0 aliphatic rings. The summed E-state index contributed by atoms with van der Waals surface area (Å²) in [5, 5.41) is 0.423. The first kappa shape index (κ1) is 15.3. The predicted molar refractivity (Wildman–Crippen MR) is 75.9 cm³/mol. The normalized spacial score (nSPS) is 10.2. The Labute approximate surface area is 117 Å². The first-order valence-electron chi connectivity index (χ1n) is 6.08. The minimum absolute atomic E-state index is 0.120. The molecule has 0 heterocycles. The van der Waals surface area contributed by atoms with Crippen molar-refractivity contribution in [2.24, 2.45) is 5.73 Å². The highest BCUT2D eigenvalue weighted by atomic mass is 35.5. The van der Waals surface area contributed by atoms with Gasteiger partial charge in [-0.05, 0) is 24.6 Å². The lowest BCUT2D eigenvalue weighted by molar-refractivity contribution is -0.118. The Morgan fingerprint density at radius 1 is 1.37 bits per heavy atom. The lowest BCUT2D eigenvalue weighted by atomic mass is 10.1. The number of nitrogen functional groups attached to an aromatic ring is 1. The van der Waals surface area contributed by atoms with E-state index in [9.17, 15) is 9.59 Å². The summed E-state index contributed by atoms with van der Waals surface area (Å²) in [5.41, 5.74) is 11.6. The van der Waals surface area contributed by atoms with Gasteiger partial charge in [-0.25, -0.2) is 0 Å². The van der Waals surface area contributed by atoms with Crippen LogP contribution in [-0.2, 0) is 4.79 Å². The number of nitrogens with zero attached hydrogens (tertiary/aromatic N) is 1. The summed E-state index contributed by atoms with van der Waals surface area (Å²) in [6.45, 7) is 2.34. The van der Waals surface area contributed by atoms with Crippen molar-refractivity contribution >= 4 is 29.1 Å². The van der Waals surface area contributed by atoms with E-state index in [4.69, 9.17) is 23.1 Å². The van der Waals surface area contributed by atoms with E-state index in [-0.39, 0.29) is 12.5 Å². The van der Waals surface area contributed by atoms with Crippen LogP contribution in [0.5, 0.6) is 0 Å². The van der Waals surface area contributed by atoms with Gasteiger partial charge in [-0.1, -0.05) is 24.9 Å². The van der Waals surface area contributed by atoms with Gasteiger partial charge in [0.2, 0.25) is 5.91 Å². The second kappa shape index (κ2) is 6.99. The van der Waals surface area contributed by atoms with Crippen molar-refractivity contribution in [1.29, 1.82) is 0 Å². The lowest BCUT2D eigenvalue weighted by Crippen LogP contribution is -2.39. The second-order valence-corrected chi connectivity index (χ2v) is 4.71. The third-order valence-electron chi connectivity index (χ3n) is 2.66. The number of amides is 2. The Balaban J connectivity index is 2.97. The van der Waals surface area contributed by atoms with Crippen molar-refractivity contribution in [3.8, 4) is 0 Å². The van der Waals surface area contributed by atoms with E-state index in [2.05, 4.69) is 0 Å². The van der Waals surface area contributed by atoms with Crippen molar-refractivity contribution in [1.82, 2.24) is 4.90 Å². The summed E-state index contributed by atoms with van der Waals surface area (Å²) in [6, 6.07) is 4.68. The van der Waals surface area contributed by atoms with Gasteiger partial charge in [0.05, 0.1) is 12.1 Å². The van der Waals surface area contributed by atoms with Crippen molar-refractivity contribution in [2.75, 3.05) is 18.8 Å². The van der Waals surface area contributed by atoms with Crippen molar-refractivity contribution in [3.05, 3.63) is 28.8 Å². The van der Waals surface area contributed by atoms with Crippen molar-refractivity contribution in [2.45, 2.75) is 19.8 Å². The van der Waals surface area contributed by atoms with Crippen LogP contribution in [0.3, 0.4) is 0 Å². The number of hydrogen-bond acceptors (Lipinski definition) is 3. The Kier molecular flexibility index (Phi) is 5.63. The van der Waals surface area contributed by atoms with Crippen LogP contribution in [0.25, 0.3) is 0 Å². The molecule has 2 amide bonds. The van der Waals surface area contributed by atoms with E-state index in [1.807, 2.05) is 6.92 Å². The molecule has 0 aliphatic heterocycles. The highest BCUT2D eigenvalue weighted by Crippen LogP contribution is 2.19. The van der Waals surface area contributed by atoms with E-state index in [0.29, 0.717) is 22.8 Å². The number of anilines is 1. The van der Waals surface area contributed by atoms with Crippen LogP contribution >= 0.6 is 11.6 Å². The fourth-order valence-electron chi connectivity index (χ4n) is 1.67. The summed E-state index contributed by atoms with van der Waals surface area (Å²) in [4.78, 5) is 24.8. The highest BCUT2D eigenvalue weighted by molar-refractivity contribution is 6.31. The molecule has 6 heteroatoms. The topological polar surface area (TPSA) is 89.4 Å².